The van der Waals surface area contributed by atoms with Crippen LogP contribution in [-0.2, 0) is 16.1 Å². The number of aryl methyl sites for hydroxylation is 2. The molecule has 0 heterocycles. The molecule has 0 atom stereocenters. The average molecular weight is 363 g/mol. The largest absolute Gasteiger partial charge is 0.465 e. The number of rotatable bonds is 6. The normalized spacial score (nSPS) is 10.7. The van der Waals surface area contributed by atoms with Crippen molar-refractivity contribution < 1.29 is 14.3 Å². The summed E-state index contributed by atoms with van der Waals surface area (Å²) in [6.45, 7) is 4.28. The van der Waals surface area contributed by atoms with Crippen molar-refractivity contribution in [3.05, 3.63) is 76.5 Å². The van der Waals surface area contributed by atoms with Crippen LogP contribution in [-0.4, -0.2) is 19.0 Å². The van der Waals surface area contributed by atoms with Gasteiger partial charge in [-0.25, -0.2) is 4.79 Å². The van der Waals surface area contributed by atoms with Crippen LogP contribution in [0.4, 0.5) is 5.69 Å². The van der Waals surface area contributed by atoms with Gasteiger partial charge in [0.2, 0.25) is 0 Å². The third kappa shape index (κ3) is 5.44. The standard InChI is InChI=1S/C21H21N3O3/c1-14-4-9-19(15(2)10-14)24-20(25)18(11-22)13-23-12-16-5-7-17(8-6-16)21(26)27-3/h4-10,13,23H,12H2,1-3H3,(H,24,25)/b18-13-. The molecule has 0 aliphatic heterocycles. The highest BCUT2D eigenvalue weighted by Crippen LogP contribution is 2.16. The number of nitriles is 1. The lowest BCUT2D eigenvalue weighted by atomic mass is 10.1. The van der Waals surface area contributed by atoms with E-state index in [1.165, 1.54) is 13.3 Å². The van der Waals surface area contributed by atoms with Gasteiger partial charge in [-0.15, -0.1) is 0 Å². The van der Waals surface area contributed by atoms with Crippen molar-refractivity contribution in [1.29, 1.82) is 5.26 Å². The molecule has 0 saturated heterocycles. The van der Waals surface area contributed by atoms with Gasteiger partial charge in [0, 0.05) is 18.4 Å². The molecule has 0 radical (unpaired) electrons. The third-order valence-electron chi connectivity index (χ3n) is 3.92. The minimum absolute atomic E-state index is 0.0267. The first-order valence-electron chi connectivity index (χ1n) is 8.34. The summed E-state index contributed by atoms with van der Waals surface area (Å²) in [6, 6.07) is 14.4. The molecule has 2 rings (SSSR count). The van der Waals surface area contributed by atoms with Gasteiger partial charge in [0.25, 0.3) is 5.91 Å². The zero-order valence-electron chi connectivity index (χ0n) is 15.5. The SMILES string of the molecule is COC(=O)c1ccc(CN/C=C(/C#N)C(=O)Nc2ccc(C)cc2C)cc1. The summed E-state index contributed by atoms with van der Waals surface area (Å²) in [5, 5.41) is 14.9. The van der Waals surface area contributed by atoms with Gasteiger partial charge < -0.3 is 15.4 Å². The minimum Gasteiger partial charge on any atom is -0.465 e. The molecular formula is C21H21N3O3. The second kappa shape index (κ2) is 9.20. The maximum Gasteiger partial charge on any atom is 0.337 e. The summed E-state index contributed by atoms with van der Waals surface area (Å²) in [5.74, 6) is -0.873. The number of nitrogens with one attached hydrogen (secondary N) is 2. The summed E-state index contributed by atoms with van der Waals surface area (Å²) in [7, 11) is 1.33. The van der Waals surface area contributed by atoms with E-state index in [4.69, 9.17) is 0 Å². The van der Waals surface area contributed by atoms with E-state index >= 15 is 0 Å². The van der Waals surface area contributed by atoms with Crippen LogP contribution in [0.2, 0.25) is 0 Å². The Kier molecular flexibility index (Phi) is 6.73. The van der Waals surface area contributed by atoms with Crippen molar-refractivity contribution in [2.45, 2.75) is 20.4 Å². The van der Waals surface area contributed by atoms with Crippen LogP contribution < -0.4 is 10.6 Å². The van der Waals surface area contributed by atoms with E-state index in [1.54, 1.807) is 24.3 Å². The van der Waals surface area contributed by atoms with E-state index < -0.39 is 11.9 Å². The monoisotopic (exact) mass is 363 g/mol. The number of esters is 1. The number of carbonyl (C=O) groups excluding carboxylic acids is 2. The predicted molar refractivity (Wildman–Crippen MR) is 103 cm³/mol. The van der Waals surface area contributed by atoms with Crippen LogP contribution in [0.5, 0.6) is 0 Å². The van der Waals surface area contributed by atoms with Crippen LogP contribution in [0.25, 0.3) is 0 Å². The Morgan fingerprint density at radius 2 is 1.85 bits per heavy atom. The molecule has 27 heavy (non-hydrogen) atoms. The van der Waals surface area contributed by atoms with E-state index in [0.717, 1.165) is 16.7 Å². The highest BCUT2D eigenvalue weighted by molar-refractivity contribution is 6.06. The zero-order chi connectivity index (χ0) is 19.8. The molecule has 2 aromatic rings. The maximum absolute atomic E-state index is 12.3. The van der Waals surface area contributed by atoms with Crippen molar-refractivity contribution >= 4 is 17.6 Å². The number of hydrogen-bond donors (Lipinski definition) is 2. The van der Waals surface area contributed by atoms with Crippen molar-refractivity contribution in [2.24, 2.45) is 0 Å². The smallest absolute Gasteiger partial charge is 0.337 e. The lowest BCUT2D eigenvalue weighted by molar-refractivity contribution is -0.112. The topological polar surface area (TPSA) is 91.2 Å². The summed E-state index contributed by atoms with van der Waals surface area (Å²) in [5.41, 5.74) is 4.03. The van der Waals surface area contributed by atoms with E-state index in [9.17, 15) is 14.9 Å². The van der Waals surface area contributed by atoms with E-state index in [2.05, 4.69) is 15.4 Å². The highest BCUT2D eigenvalue weighted by atomic mass is 16.5. The fraction of sp³-hybridized carbons (Fsp3) is 0.190. The predicted octanol–water partition coefficient (Wildman–Crippen LogP) is 3.23. The average Bonchev–Trinajstić information content (AvgIpc) is 2.67. The van der Waals surface area contributed by atoms with E-state index in [-0.39, 0.29) is 5.57 Å². The zero-order valence-corrected chi connectivity index (χ0v) is 15.5. The van der Waals surface area contributed by atoms with Gasteiger partial charge in [-0.05, 0) is 43.2 Å². The third-order valence-corrected chi connectivity index (χ3v) is 3.92. The van der Waals surface area contributed by atoms with Crippen molar-refractivity contribution in [3.63, 3.8) is 0 Å². The minimum atomic E-state index is -0.474. The van der Waals surface area contributed by atoms with Gasteiger partial charge in [-0.3, -0.25) is 4.79 Å². The molecular weight excluding hydrogens is 342 g/mol. The highest BCUT2D eigenvalue weighted by Gasteiger charge is 2.10. The number of anilines is 1. The first-order chi connectivity index (χ1) is 12.9. The Bertz CT molecular complexity index is 909. The molecule has 0 aliphatic carbocycles. The van der Waals surface area contributed by atoms with Crippen LogP contribution in [0.3, 0.4) is 0 Å². The number of carbonyl (C=O) groups is 2. The Hall–Kier alpha value is -3.59. The Balaban J connectivity index is 1.98. The first-order valence-corrected chi connectivity index (χ1v) is 8.34. The van der Waals surface area contributed by atoms with Crippen LogP contribution in [0.1, 0.15) is 27.0 Å². The molecule has 6 nitrogen and oxygen atoms in total. The molecule has 0 unspecified atom stereocenters. The van der Waals surface area contributed by atoms with Gasteiger partial charge in [0.15, 0.2) is 0 Å². The molecule has 0 saturated carbocycles. The van der Waals surface area contributed by atoms with Crippen LogP contribution in [0, 0.1) is 25.2 Å². The molecule has 0 aliphatic rings. The van der Waals surface area contributed by atoms with Gasteiger partial charge >= 0.3 is 5.97 Å². The van der Waals surface area contributed by atoms with Crippen LogP contribution in [0.15, 0.2) is 54.2 Å². The van der Waals surface area contributed by atoms with Crippen molar-refractivity contribution in [3.8, 4) is 6.07 Å². The Morgan fingerprint density at radius 1 is 1.15 bits per heavy atom. The van der Waals surface area contributed by atoms with Gasteiger partial charge in [-0.2, -0.15) is 5.26 Å². The van der Waals surface area contributed by atoms with Gasteiger partial charge in [0.05, 0.1) is 12.7 Å². The summed E-state index contributed by atoms with van der Waals surface area (Å²) in [4.78, 5) is 23.7. The molecule has 0 spiro atoms. The summed E-state index contributed by atoms with van der Waals surface area (Å²) in [6.07, 6.45) is 1.38. The van der Waals surface area contributed by atoms with Gasteiger partial charge in [0.1, 0.15) is 11.6 Å². The Labute approximate surface area is 158 Å². The van der Waals surface area contributed by atoms with E-state index in [0.29, 0.717) is 17.8 Å². The molecule has 2 aromatic carbocycles. The van der Waals surface area contributed by atoms with Crippen molar-refractivity contribution in [1.82, 2.24) is 5.32 Å². The fourth-order valence-electron chi connectivity index (χ4n) is 2.44. The fourth-order valence-corrected chi connectivity index (χ4v) is 2.44. The summed E-state index contributed by atoms with van der Waals surface area (Å²) >= 11 is 0. The molecule has 138 valence electrons. The second-order valence-electron chi connectivity index (χ2n) is 6.01. The Morgan fingerprint density at radius 3 is 2.44 bits per heavy atom. The number of hydrogen-bond acceptors (Lipinski definition) is 5. The molecule has 0 bridgehead atoms. The second-order valence-corrected chi connectivity index (χ2v) is 6.01. The summed E-state index contributed by atoms with van der Waals surface area (Å²) < 4.78 is 4.65. The number of amides is 1. The number of ether oxygens (including phenoxy) is 1. The number of nitrogens with zero attached hydrogens (tertiary/aromatic N) is 1. The van der Waals surface area contributed by atoms with E-state index in [1.807, 2.05) is 38.1 Å². The molecule has 6 heteroatoms. The van der Waals surface area contributed by atoms with Crippen molar-refractivity contribution in [2.75, 3.05) is 12.4 Å². The number of benzene rings is 2. The molecule has 2 N–H and O–H groups in total. The molecule has 0 fully saturated rings. The first kappa shape index (κ1) is 19.7. The molecule has 0 aromatic heterocycles. The van der Waals surface area contributed by atoms with Crippen LogP contribution >= 0.6 is 0 Å². The maximum atomic E-state index is 12.3. The number of methoxy groups -OCH3 is 1. The van der Waals surface area contributed by atoms with Gasteiger partial charge in [-0.1, -0.05) is 29.8 Å². The lowest BCUT2D eigenvalue weighted by Crippen LogP contribution is -2.17. The lowest BCUT2D eigenvalue weighted by Gasteiger charge is -2.09. The molecule has 1 amide bonds. The quantitative estimate of drug-likeness (QED) is 0.467.